The van der Waals surface area contributed by atoms with E-state index < -0.39 is 0 Å². The smallest absolute Gasteiger partial charge is 0.278 e. The number of hydrogen-bond acceptors (Lipinski definition) is 4. The normalized spacial score (nSPS) is 10.4. The first-order chi connectivity index (χ1) is 7.56. The second kappa shape index (κ2) is 3.76. The summed E-state index contributed by atoms with van der Waals surface area (Å²) in [6, 6.07) is 1.79. The molecule has 2 rings (SSSR count). The molecule has 7 nitrogen and oxygen atoms in total. The lowest BCUT2D eigenvalue weighted by molar-refractivity contribution is 0.102. The van der Waals surface area contributed by atoms with E-state index in [-0.39, 0.29) is 11.6 Å². The second-order valence-corrected chi connectivity index (χ2v) is 3.53. The van der Waals surface area contributed by atoms with Crippen molar-refractivity contribution < 1.29 is 4.79 Å². The van der Waals surface area contributed by atoms with E-state index in [1.165, 1.54) is 4.68 Å². The molecule has 0 aliphatic rings. The van der Waals surface area contributed by atoms with E-state index in [4.69, 9.17) is 0 Å². The highest BCUT2D eigenvalue weighted by Gasteiger charge is 2.12. The van der Waals surface area contributed by atoms with Gasteiger partial charge < -0.3 is 5.32 Å². The number of carbonyl (C=O) groups is 1. The van der Waals surface area contributed by atoms with Crippen molar-refractivity contribution in [2.24, 2.45) is 14.1 Å². The van der Waals surface area contributed by atoms with Gasteiger partial charge in [-0.3, -0.25) is 14.2 Å². The van der Waals surface area contributed by atoms with Crippen LogP contribution < -0.4 is 5.32 Å². The average molecular weight is 220 g/mol. The fourth-order valence-corrected chi connectivity index (χ4v) is 1.36. The van der Waals surface area contributed by atoms with Crippen LogP contribution in [0.25, 0.3) is 0 Å². The van der Waals surface area contributed by atoms with Gasteiger partial charge in [0.15, 0.2) is 5.69 Å². The van der Waals surface area contributed by atoms with Crippen LogP contribution in [0.2, 0.25) is 0 Å². The molecule has 0 bridgehead atoms. The maximum atomic E-state index is 11.7. The first-order valence-corrected chi connectivity index (χ1v) is 4.74. The summed E-state index contributed by atoms with van der Waals surface area (Å²) in [5.74, 6) is 0.337. The minimum atomic E-state index is -0.295. The minimum absolute atomic E-state index is 0.279. The van der Waals surface area contributed by atoms with Gasteiger partial charge in [-0.15, -0.1) is 5.10 Å². The largest absolute Gasteiger partial charge is 0.305 e. The summed E-state index contributed by atoms with van der Waals surface area (Å²) in [6.07, 6.45) is 1.55. The van der Waals surface area contributed by atoms with Crippen molar-refractivity contribution in [3.8, 4) is 0 Å². The molecule has 2 aromatic rings. The predicted molar refractivity (Wildman–Crippen MR) is 56.9 cm³/mol. The molecule has 2 heterocycles. The topological polar surface area (TPSA) is 77.6 Å². The maximum absolute atomic E-state index is 11.7. The molecular formula is C9H12N6O. The van der Waals surface area contributed by atoms with Crippen LogP contribution in [0.15, 0.2) is 12.3 Å². The Bertz CT molecular complexity index is 526. The average Bonchev–Trinajstić information content (AvgIpc) is 2.74. The zero-order chi connectivity index (χ0) is 11.7. The Balaban J connectivity index is 2.16. The molecule has 2 aromatic heterocycles. The number of amides is 1. The van der Waals surface area contributed by atoms with Crippen LogP contribution in [0, 0.1) is 6.92 Å². The summed E-state index contributed by atoms with van der Waals surface area (Å²) in [7, 11) is 3.47. The van der Waals surface area contributed by atoms with Crippen LogP contribution in [0.4, 0.5) is 5.82 Å². The fourth-order valence-electron chi connectivity index (χ4n) is 1.36. The molecule has 7 heteroatoms. The van der Waals surface area contributed by atoms with Crippen molar-refractivity contribution in [1.29, 1.82) is 0 Å². The van der Waals surface area contributed by atoms with Crippen molar-refractivity contribution in [1.82, 2.24) is 24.8 Å². The number of carbonyl (C=O) groups excluding carboxylic acids is 1. The number of nitrogens with one attached hydrogen (secondary N) is 1. The highest BCUT2D eigenvalue weighted by atomic mass is 16.2. The van der Waals surface area contributed by atoms with Gasteiger partial charge in [-0.1, -0.05) is 5.21 Å². The molecule has 0 saturated heterocycles. The molecule has 0 fully saturated rings. The summed E-state index contributed by atoms with van der Waals surface area (Å²) in [6.45, 7) is 1.86. The molecule has 16 heavy (non-hydrogen) atoms. The number of hydrogen-bond donors (Lipinski definition) is 1. The summed E-state index contributed by atoms with van der Waals surface area (Å²) in [5, 5.41) is 14.2. The van der Waals surface area contributed by atoms with Gasteiger partial charge in [0.25, 0.3) is 5.91 Å². The van der Waals surface area contributed by atoms with Crippen molar-refractivity contribution in [3.63, 3.8) is 0 Å². The van der Waals surface area contributed by atoms with Crippen LogP contribution in [0.3, 0.4) is 0 Å². The Morgan fingerprint density at radius 3 is 2.69 bits per heavy atom. The van der Waals surface area contributed by atoms with Gasteiger partial charge in [-0.05, 0) is 6.92 Å². The second-order valence-electron chi connectivity index (χ2n) is 3.53. The summed E-state index contributed by atoms with van der Waals surface area (Å²) < 4.78 is 3.08. The number of aromatic nitrogens is 5. The third kappa shape index (κ3) is 1.92. The van der Waals surface area contributed by atoms with E-state index in [0.717, 1.165) is 5.69 Å². The van der Waals surface area contributed by atoms with Gasteiger partial charge in [-0.25, -0.2) is 0 Å². The third-order valence-electron chi connectivity index (χ3n) is 2.08. The van der Waals surface area contributed by atoms with E-state index in [1.54, 1.807) is 31.0 Å². The number of nitrogens with zero attached hydrogens (tertiary/aromatic N) is 5. The first-order valence-electron chi connectivity index (χ1n) is 4.74. The van der Waals surface area contributed by atoms with Crippen LogP contribution >= 0.6 is 0 Å². The van der Waals surface area contributed by atoms with E-state index in [2.05, 4.69) is 20.7 Å². The van der Waals surface area contributed by atoms with Crippen LogP contribution in [0.5, 0.6) is 0 Å². The molecule has 0 aliphatic carbocycles. The zero-order valence-corrected chi connectivity index (χ0v) is 9.30. The minimum Gasteiger partial charge on any atom is -0.305 e. The van der Waals surface area contributed by atoms with Crippen molar-refractivity contribution in [2.75, 3.05) is 5.32 Å². The highest BCUT2D eigenvalue weighted by Crippen LogP contribution is 2.09. The Hall–Kier alpha value is -2.18. The van der Waals surface area contributed by atoms with E-state index >= 15 is 0 Å². The van der Waals surface area contributed by atoms with E-state index in [1.807, 2.05) is 6.92 Å². The Morgan fingerprint density at radius 1 is 1.44 bits per heavy atom. The van der Waals surface area contributed by atoms with Gasteiger partial charge >= 0.3 is 0 Å². The monoisotopic (exact) mass is 220 g/mol. The highest BCUT2D eigenvalue weighted by molar-refractivity contribution is 6.02. The lowest BCUT2D eigenvalue weighted by Crippen LogP contribution is -2.14. The Labute approximate surface area is 92.1 Å². The van der Waals surface area contributed by atoms with Gasteiger partial charge in [0.2, 0.25) is 0 Å². The molecule has 0 unspecified atom stereocenters. The van der Waals surface area contributed by atoms with Crippen molar-refractivity contribution in [2.45, 2.75) is 6.92 Å². The van der Waals surface area contributed by atoms with E-state index in [0.29, 0.717) is 5.82 Å². The maximum Gasteiger partial charge on any atom is 0.278 e. The lowest BCUT2D eigenvalue weighted by atomic mass is 10.4. The molecule has 0 aromatic carbocycles. The van der Waals surface area contributed by atoms with Crippen molar-refractivity contribution in [3.05, 3.63) is 23.7 Å². The standard InChI is InChI=1S/C9H12N6O/c1-6-4-8(15(3)12-6)10-9(16)7-5-14(2)13-11-7/h4-5H,1-3H3,(H,10,16). The summed E-state index contributed by atoms with van der Waals surface area (Å²) in [5.41, 5.74) is 1.12. The number of rotatable bonds is 2. The van der Waals surface area contributed by atoms with Crippen LogP contribution in [0.1, 0.15) is 16.2 Å². The van der Waals surface area contributed by atoms with E-state index in [9.17, 15) is 4.79 Å². The molecule has 1 amide bonds. The predicted octanol–water partition coefficient (Wildman–Crippen LogP) is 0.109. The quantitative estimate of drug-likeness (QED) is 0.779. The van der Waals surface area contributed by atoms with Crippen molar-refractivity contribution >= 4 is 11.7 Å². The van der Waals surface area contributed by atoms with Gasteiger partial charge in [0, 0.05) is 20.2 Å². The van der Waals surface area contributed by atoms with Gasteiger partial charge in [0.1, 0.15) is 5.82 Å². The van der Waals surface area contributed by atoms with Gasteiger partial charge in [0.05, 0.1) is 11.9 Å². The van der Waals surface area contributed by atoms with Gasteiger partial charge in [-0.2, -0.15) is 5.10 Å². The summed E-state index contributed by atoms with van der Waals surface area (Å²) in [4.78, 5) is 11.7. The molecule has 0 aliphatic heterocycles. The zero-order valence-electron chi connectivity index (χ0n) is 9.30. The molecule has 0 saturated carbocycles. The molecule has 0 atom stereocenters. The number of anilines is 1. The molecule has 0 spiro atoms. The first kappa shape index (κ1) is 10.3. The molecule has 1 N–H and O–H groups in total. The summed E-state index contributed by atoms with van der Waals surface area (Å²) >= 11 is 0. The third-order valence-corrected chi connectivity index (χ3v) is 2.08. The number of aryl methyl sites for hydroxylation is 3. The Kier molecular flexibility index (Phi) is 2.43. The molecule has 0 radical (unpaired) electrons. The molecular weight excluding hydrogens is 208 g/mol. The Morgan fingerprint density at radius 2 is 2.19 bits per heavy atom. The SMILES string of the molecule is Cc1cc(NC(=O)c2cn(C)nn2)n(C)n1. The van der Waals surface area contributed by atoms with Crippen LogP contribution in [-0.4, -0.2) is 30.7 Å². The van der Waals surface area contributed by atoms with Crippen LogP contribution in [-0.2, 0) is 14.1 Å². The lowest BCUT2D eigenvalue weighted by Gasteiger charge is -2.01. The fraction of sp³-hybridized carbons (Fsp3) is 0.333. The molecule has 84 valence electrons.